The van der Waals surface area contributed by atoms with E-state index in [0.717, 1.165) is 23.1 Å². The van der Waals surface area contributed by atoms with Crippen molar-refractivity contribution < 1.29 is 18.9 Å². The summed E-state index contributed by atoms with van der Waals surface area (Å²) < 4.78 is 7.43. The second-order valence-corrected chi connectivity index (χ2v) is 6.40. The molecule has 0 amide bonds. The molecule has 0 radical (unpaired) electrons. The average molecular weight is 337 g/mol. The maximum Gasteiger partial charge on any atom is 0.212 e. The highest BCUT2D eigenvalue weighted by Gasteiger charge is 2.48. The second kappa shape index (κ2) is 6.50. The first-order chi connectivity index (χ1) is 12.2. The summed E-state index contributed by atoms with van der Waals surface area (Å²) in [6.07, 6.45) is 1.75. The Hall–Kier alpha value is -2.37. The standard InChI is InChI=1S/C20H21N2O3/c1-2-22-15(8-7-14-5-3-4-6-17(14)22)13-16-19(23)18(20(16)24)21-9-11-25-12-10-21/h3-8,13,18H,2,9-12H2,1H3/q+1. The van der Waals surface area contributed by atoms with Gasteiger partial charge in [0, 0.05) is 36.7 Å². The number of pyridine rings is 1. The number of benzene rings is 1. The summed E-state index contributed by atoms with van der Waals surface area (Å²) in [5.41, 5.74) is 2.30. The minimum absolute atomic E-state index is 0.0669. The minimum atomic E-state index is -0.606. The lowest BCUT2D eigenvalue weighted by Gasteiger charge is -2.37. The number of hydrogen-bond donors (Lipinski definition) is 0. The summed E-state index contributed by atoms with van der Waals surface area (Å²) >= 11 is 0. The lowest BCUT2D eigenvalue weighted by Crippen LogP contribution is -2.59. The van der Waals surface area contributed by atoms with E-state index in [0.29, 0.717) is 31.9 Å². The summed E-state index contributed by atoms with van der Waals surface area (Å²) in [4.78, 5) is 27.0. The second-order valence-electron chi connectivity index (χ2n) is 6.40. The van der Waals surface area contributed by atoms with Gasteiger partial charge in [-0.2, -0.15) is 4.57 Å². The van der Waals surface area contributed by atoms with E-state index in [1.807, 2.05) is 29.2 Å². The Bertz CT molecular complexity index is 864. The molecule has 1 aliphatic carbocycles. The first-order valence-electron chi connectivity index (χ1n) is 8.74. The van der Waals surface area contributed by atoms with Crippen LogP contribution in [0.15, 0.2) is 42.0 Å². The van der Waals surface area contributed by atoms with Crippen LogP contribution < -0.4 is 4.57 Å². The van der Waals surface area contributed by atoms with Gasteiger partial charge in [0.25, 0.3) is 0 Å². The van der Waals surface area contributed by atoms with Crippen molar-refractivity contribution in [3.8, 4) is 0 Å². The van der Waals surface area contributed by atoms with Crippen LogP contribution in [0.3, 0.4) is 0 Å². The van der Waals surface area contributed by atoms with E-state index in [1.165, 1.54) is 0 Å². The smallest absolute Gasteiger partial charge is 0.212 e. The molecule has 0 unspecified atom stereocenters. The van der Waals surface area contributed by atoms with Gasteiger partial charge in [0.05, 0.1) is 18.8 Å². The number of carbonyl (C=O) groups is 2. The zero-order valence-corrected chi connectivity index (χ0v) is 14.3. The molecule has 1 aliphatic heterocycles. The maximum atomic E-state index is 12.6. The molecular formula is C20H21N2O3+. The topological polar surface area (TPSA) is 50.5 Å². The van der Waals surface area contributed by atoms with Crippen molar-refractivity contribution in [2.75, 3.05) is 26.3 Å². The number of Topliss-reactive ketones (excluding diaryl/α,β-unsaturated/α-hetero) is 2. The molecular weight excluding hydrogens is 316 g/mol. The number of morpholine rings is 1. The van der Waals surface area contributed by atoms with Crippen molar-refractivity contribution in [1.82, 2.24) is 4.90 Å². The first-order valence-corrected chi connectivity index (χ1v) is 8.74. The molecule has 5 nitrogen and oxygen atoms in total. The summed E-state index contributed by atoms with van der Waals surface area (Å²) in [5, 5.41) is 1.14. The molecule has 0 bridgehead atoms. The molecule has 25 heavy (non-hydrogen) atoms. The zero-order chi connectivity index (χ0) is 17.4. The van der Waals surface area contributed by atoms with Crippen LogP contribution in [-0.2, 0) is 20.9 Å². The van der Waals surface area contributed by atoms with E-state index >= 15 is 0 Å². The van der Waals surface area contributed by atoms with E-state index in [4.69, 9.17) is 4.74 Å². The zero-order valence-electron chi connectivity index (χ0n) is 14.3. The van der Waals surface area contributed by atoms with Crippen LogP contribution >= 0.6 is 0 Å². The highest BCUT2D eigenvalue weighted by molar-refractivity contribution is 6.43. The van der Waals surface area contributed by atoms with Crippen LogP contribution in [0.25, 0.3) is 17.0 Å². The SMILES string of the molecule is CC[n+]1c(C=C2C(=O)C(N3CCOCC3)C2=O)ccc2ccccc21. The quantitative estimate of drug-likeness (QED) is 0.368. The van der Waals surface area contributed by atoms with Gasteiger partial charge in [0.15, 0.2) is 11.6 Å². The number of rotatable bonds is 3. The van der Waals surface area contributed by atoms with Crippen molar-refractivity contribution >= 4 is 28.5 Å². The Labute approximate surface area is 146 Å². The summed E-state index contributed by atoms with van der Waals surface area (Å²) in [7, 11) is 0. The number of carbonyl (C=O) groups excluding carboxylic acids is 2. The van der Waals surface area contributed by atoms with Gasteiger partial charge in [-0.05, 0) is 19.1 Å². The minimum Gasteiger partial charge on any atom is -0.379 e. The van der Waals surface area contributed by atoms with Gasteiger partial charge in [-0.25, -0.2) is 0 Å². The normalized spacial score (nSPS) is 21.5. The lowest BCUT2D eigenvalue weighted by molar-refractivity contribution is -0.669. The molecule has 5 heteroatoms. The van der Waals surface area contributed by atoms with E-state index in [2.05, 4.69) is 23.6 Å². The number of para-hydroxylation sites is 1. The molecule has 1 aromatic carbocycles. The predicted molar refractivity (Wildman–Crippen MR) is 94.0 cm³/mol. The van der Waals surface area contributed by atoms with E-state index in [-0.39, 0.29) is 11.6 Å². The molecule has 2 aliphatic rings. The van der Waals surface area contributed by atoms with Crippen molar-refractivity contribution in [2.24, 2.45) is 0 Å². The number of fused-ring (bicyclic) bond motifs is 1. The van der Waals surface area contributed by atoms with Gasteiger partial charge in [0.2, 0.25) is 11.2 Å². The fourth-order valence-corrected chi connectivity index (χ4v) is 3.67. The molecule has 1 aromatic heterocycles. The van der Waals surface area contributed by atoms with Crippen LogP contribution in [0.4, 0.5) is 0 Å². The van der Waals surface area contributed by atoms with Crippen LogP contribution in [0.1, 0.15) is 12.6 Å². The Balaban J connectivity index is 1.66. The highest BCUT2D eigenvalue weighted by atomic mass is 16.5. The van der Waals surface area contributed by atoms with Gasteiger partial charge >= 0.3 is 0 Å². The maximum absolute atomic E-state index is 12.6. The van der Waals surface area contributed by atoms with Crippen molar-refractivity contribution in [1.29, 1.82) is 0 Å². The lowest BCUT2D eigenvalue weighted by atomic mass is 9.81. The fraction of sp³-hybridized carbons (Fsp3) is 0.350. The van der Waals surface area contributed by atoms with Gasteiger partial charge in [-0.3, -0.25) is 14.5 Å². The third-order valence-corrected chi connectivity index (χ3v) is 5.02. The summed E-state index contributed by atoms with van der Waals surface area (Å²) in [6.45, 7) is 5.28. The largest absolute Gasteiger partial charge is 0.379 e. The van der Waals surface area contributed by atoms with Crippen molar-refractivity contribution in [2.45, 2.75) is 19.5 Å². The predicted octanol–water partition coefficient (Wildman–Crippen LogP) is 1.38. The molecule has 1 saturated carbocycles. The summed E-state index contributed by atoms with van der Waals surface area (Å²) in [5.74, 6) is -0.134. The Morgan fingerprint density at radius 2 is 1.84 bits per heavy atom. The Morgan fingerprint density at radius 3 is 2.56 bits per heavy atom. The molecule has 128 valence electrons. The number of nitrogens with zero attached hydrogens (tertiary/aromatic N) is 2. The van der Waals surface area contributed by atoms with Crippen LogP contribution in [-0.4, -0.2) is 48.8 Å². The van der Waals surface area contributed by atoms with Gasteiger partial charge in [0.1, 0.15) is 12.6 Å². The number of aromatic nitrogens is 1. The molecule has 0 N–H and O–H groups in total. The van der Waals surface area contributed by atoms with Crippen LogP contribution in [0.2, 0.25) is 0 Å². The van der Waals surface area contributed by atoms with E-state index in [9.17, 15) is 9.59 Å². The third kappa shape index (κ3) is 2.69. The van der Waals surface area contributed by atoms with Crippen LogP contribution in [0.5, 0.6) is 0 Å². The third-order valence-electron chi connectivity index (χ3n) is 5.02. The number of ketones is 2. The molecule has 0 spiro atoms. The van der Waals surface area contributed by atoms with Gasteiger partial charge < -0.3 is 4.74 Å². The van der Waals surface area contributed by atoms with Crippen molar-refractivity contribution in [3.63, 3.8) is 0 Å². The number of aryl methyl sites for hydroxylation is 1. The van der Waals surface area contributed by atoms with Crippen molar-refractivity contribution in [3.05, 3.63) is 47.7 Å². The summed E-state index contributed by atoms with van der Waals surface area (Å²) in [6, 6.07) is 11.5. The van der Waals surface area contributed by atoms with Gasteiger partial charge in [-0.15, -0.1) is 0 Å². The average Bonchev–Trinajstić information content (AvgIpc) is 2.66. The molecule has 2 aromatic rings. The highest BCUT2D eigenvalue weighted by Crippen LogP contribution is 2.26. The monoisotopic (exact) mass is 337 g/mol. The van der Waals surface area contributed by atoms with Crippen LogP contribution in [0, 0.1) is 0 Å². The molecule has 4 rings (SSSR count). The number of ether oxygens (including phenoxy) is 1. The fourth-order valence-electron chi connectivity index (χ4n) is 3.67. The van der Waals surface area contributed by atoms with E-state index < -0.39 is 6.04 Å². The Kier molecular flexibility index (Phi) is 4.19. The molecule has 2 heterocycles. The molecule has 1 saturated heterocycles. The first kappa shape index (κ1) is 16.1. The van der Waals surface area contributed by atoms with E-state index in [1.54, 1.807) is 6.08 Å². The molecule has 0 atom stereocenters. The number of hydrogen-bond acceptors (Lipinski definition) is 4. The Morgan fingerprint density at radius 1 is 1.12 bits per heavy atom. The molecule has 2 fully saturated rings. The van der Waals surface area contributed by atoms with Gasteiger partial charge in [-0.1, -0.05) is 12.1 Å².